The lowest BCUT2D eigenvalue weighted by Gasteiger charge is -2.20. The van der Waals surface area contributed by atoms with Crippen LogP contribution in [0.3, 0.4) is 0 Å². The van der Waals surface area contributed by atoms with Crippen molar-refractivity contribution in [2.75, 3.05) is 6.54 Å². The molecular formula is C15H19BrClN3. The normalized spacial score (nSPS) is 12.6. The van der Waals surface area contributed by atoms with Crippen molar-refractivity contribution in [1.29, 1.82) is 0 Å². The number of nitrogens with one attached hydrogen (secondary N) is 1. The van der Waals surface area contributed by atoms with Crippen LogP contribution in [0.15, 0.2) is 34.9 Å². The van der Waals surface area contributed by atoms with Gasteiger partial charge in [-0.15, -0.1) is 0 Å². The smallest absolute Gasteiger partial charge is 0.0834 e. The highest BCUT2D eigenvalue weighted by atomic mass is 79.9. The molecule has 5 heteroatoms. The van der Waals surface area contributed by atoms with E-state index in [4.69, 9.17) is 11.6 Å². The molecule has 0 radical (unpaired) electrons. The van der Waals surface area contributed by atoms with Crippen LogP contribution < -0.4 is 5.32 Å². The maximum atomic E-state index is 6.28. The SMILES string of the molecule is CCCNC(Cc1cccc(Br)c1)c1c(Cl)cnn1C. The molecule has 0 spiro atoms. The van der Waals surface area contributed by atoms with Gasteiger partial charge in [0.25, 0.3) is 0 Å². The predicted octanol–water partition coefficient (Wildman–Crippen LogP) is 4.12. The van der Waals surface area contributed by atoms with E-state index in [1.807, 2.05) is 17.8 Å². The van der Waals surface area contributed by atoms with Crippen LogP contribution in [0.1, 0.15) is 30.6 Å². The Balaban J connectivity index is 2.24. The third-order valence-corrected chi connectivity index (χ3v) is 4.02. The molecule has 1 aromatic carbocycles. The van der Waals surface area contributed by atoms with E-state index in [1.54, 1.807) is 6.20 Å². The lowest BCUT2D eigenvalue weighted by molar-refractivity contribution is 0.493. The van der Waals surface area contributed by atoms with E-state index in [-0.39, 0.29) is 6.04 Å². The van der Waals surface area contributed by atoms with Crippen LogP contribution in [0.25, 0.3) is 0 Å². The number of aryl methyl sites for hydroxylation is 1. The maximum Gasteiger partial charge on any atom is 0.0834 e. The largest absolute Gasteiger partial charge is 0.308 e. The molecule has 0 aliphatic rings. The lowest BCUT2D eigenvalue weighted by Crippen LogP contribution is -2.26. The second kappa shape index (κ2) is 7.25. The second-order valence-corrected chi connectivity index (χ2v) is 6.16. The molecule has 1 heterocycles. The fourth-order valence-electron chi connectivity index (χ4n) is 2.30. The monoisotopic (exact) mass is 355 g/mol. The molecular weight excluding hydrogens is 338 g/mol. The topological polar surface area (TPSA) is 29.9 Å². The molecule has 108 valence electrons. The number of halogens is 2. The third-order valence-electron chi connectivity index (χ3n) is 3.24. The quantitative estimate of drug-likeness (QED) is 0.844. The fourth-order valence-corrected chi connectivity index (χ4v) is 3.04. The summed E-state index contributed by atoms with van der Waals surface area (Å²) in [6.45, 7) is 3.12. The Morgan fingerprint density at radius 2 is 2.25 bits per heavy atom. The predicted molar refractivity (Wildman–Crippen MR) is 87.1 cm³/mol. The molecule has 1 unspecified atom stereocenters. The van der Waals surface area contributed by atoms with Crippen molar-refractivity contribution < 1.29 is 0 Å². The van der Waals surface area contributed by atoms with E-state index < -0.39 is 0 Å². The van der Waals surface area contributed by atoms with Gasteiger partial charge in [-0.1, -0.05) is 46.6 Å². The summed E-state index contributed by atoms with van der Waals surface area (Å²) in [4.78, 5) is 0. The molecule has 0 bridgehead atoms. The van der Waals surface area contributed by atoms with Gasteiger partial charge in [-0.25, -0.2) is 0 Å². The molecule has 0 fully saturated rings. The number of aromatic nitrogens is 2. The third kappa shape index (κ3) is 3.84. The summed E-state index contributed by atoms with van der Waals surface area (Å²) in [6.07, 6.45) is 3.68. The summed E-state index contributed by atoms with van der Waals surface area (Å²) < 4.78 is 2.95. The minimum Gasteiger partial charge on any atom is -0.308 e. The lowest BCUT2D eigenvalue weighted by atomic mass is 10.0. The van der Waals surface area contributed by atoms with Crippen molar-refractivity contribution in [2.45, 2.75) is 25.8 Å². The number of hydrogen-bond acceptors (Lipinski definition) is 2. The van der Waals surface area contributed by atoms with Gasteiger partial charge in [0, 0.05) is 11.5 Å². The van der Waals surface area contributed by atoms with E-state index in [0.717, 1.165) is 34.6 Å². The van der Waals surface area contributed by atoms with Gasteiger partial charge in [-0.3, -0.25) is 4.68 Å². The van der Waals surface area contributed by atoms with Crippen LogP contribution >= 0.6 is 27.5 Å². The Kier molecular flexibility index (Phi) is 5.64. The average molecular weight is 357 g/mol. The Hall–Kier alpha value is -0.840. The minimum atomic E-state index is 0.171. The van der Waals surface area contributed by atoms with E-state index >= 15 is 0 Å². The van der Waals surface area contributed by atoms with Gasteiger partial charge < -0.3 is 5.32 Å². The zero-order valence-electron chi connectivity index (χ0n) is 11.7. The molecule has 1 N–H and O–H groups in total. The molecule has 0 saturated carbocycles. The van der Waals surface area contributed by atoms with Crippen molar-refractivity contribution in [3.63, 3.8) is 0 Å². The average Bonchev–Trinajstić information content (AvgIpc) is 2.74. The number of rotatable bonds is 6. The molecule has 1 aromatic heterocycles. The van der Waals surface area contributed by atoms with E-state index in [1.165, 1.54) is 5.56 Å². The van der Waals surface area contributed by atoms with E-state index in [0.29, 0.717) is 0 Å². The van der Waals surface area contributed by atoms with Gasteiger partial charge in [0.05, 0.1) is 23.0 Å². The van der Waals surface area contributed by atoms with Gasteiger partial charge in [0.1, 0.15) is 0 Å². The molecule has 0 saturated heterocycles. The second-order valence-electron chi connectivity index (χ2n) is 4.84. The van der Waals surface area contributed by atoms with Crippen molar-refractivity contribution in [3.05, 3.63) is 51.2 Å². The summed E-state index contributed by atoms with van der Waals surface area (Å²) in [5.74, 6) is 0. The summed E-state index contributed by atoms with van der Waals surface area (Å²) in [6, 6.07) is 8.54. The molecule has 20 heavy (non-hydrogen) atoms. The van der Waals surface area contributed by atoms with E-state index in [2.05, 4.69) is 51.5 Å². The number of nitrogens with zero attached hydrogens (tertiary/aromatic N) is 2. The standard InChI is InChI=1S/C15H19BrClN3/c1-3-7-18-14(15-13(17)10-19-20(15)2)9-11-5-4-6-12(16)8-11/h4-6,8,10,14,18H,3,7,9H2,1-2H3. The van der Waals surface area contributed by atoms with Gasteiger partial charge >= 0.3 is 0 Å². The van der Waals surface area contributed by atoms with Crippen LogP contribution in [0.4, 0.5) is 0 Å². The molecule has 3 nitrogen and oxygen atoms in total. The zero-order valence-corrected chi connectivity index (χ0v) is 14.1. The Morgan fingerprint density at radius 1 is 1.45 bits per heavy atom. The van der Waals surface area contributed by atoms with Crippen LogP contribution in [-0.2, 0) is 13.5 Å². The molecule has 1 atom stereocenters. The Bertz CT molecular complexity index is 548. The molecule has 0 aliphatic carbocycles. The van der Waals surface area contributed by atoms with Gasteiger partial charge in [0.15, 0.2) is 0 Å². The van der Waals surface area contributed by atoms with Crippen molar-refractivity contribution in [3.8, 4) is 0 Å². The molecule has 2 rings (SSSR count). The first-order valence-corrected chi connectivity index (χ1v) is 7.94. The molecule has 0 amide bonds. The van der Waals surface area contributed by atoms with Gasteiger partial charge in [-0.05, 0) is 37.1 Å². The van der Waals surface area contributed by atoms with Gasteiger partial charge in [0.2, 0.25) is 0 Å². The van der Waals surface area contributed by atoms with Crippen LogP contribution in [0.2, 0.25) is 5.02 Å². The first-order valence-electron chi connectivity index (χ1n) is 6.77. The summed E-state index contributed by atoms with van der Waals surface area (Å²) in [7, 11) is 1.93. The number of benzene rings is 1. The van der Waals surface area contributed by atoms with Crippen molar-refractivity contribution in [2.24, 2.45) is 7.05 Å². The van der Waals surface area contributed by atoms with Crippen LogP contribution in [-0.4, -0.2) is 16.3 Å². The van der Waals surface area contributed by atoms with Gasteiger partial charge in [-0.2, -0.15) is 5.10 Å². The van der Waals surface area contributed by atoms with Crippen molar-refractivity contribution in [1.82, 2.24) is 15.1 Å². The van der Waals surface area contributed by atoms with Crippen LogP contribution in [0, 0.1) is 0 Å². The summed E-state index contributed by atoms with van der Waals surface area (Å²) >= 11 is 9.80. The Labute approximate surface area is 133 Å². The van der Waals surface area contributed by atoms with E-state index in [9.17, 15) is 0 Å². The highest BCUT2D eigenvalue weighted by molar-refractivity contribution is 9.10. The minimum absolute atomic E-state index is 0.171. The Morgan fingerprint density at radius 3 is 2.85 bits per heavy atom. The highest BCUT2D eigenvalue weighted by Crippen LogP contribution is 2.26. The van der Waals surface area contributed by atoms with Crippen molar-refractivity contribution >= 4 is 27.5 Å². The zero-order chi connectivity index (χ0) is 14.5. The fraction of sp³-hybridized carbons (Fsp3) is 0.400. The maximum absolute atomic E-state index is 6.28. The number of hydrogen-bond donors (Lipinski definition) is 1. The summed E-state index contributed by atoms with van der Waals surface area (Å²) in [5.41, 5.74) is 2.31. The van der Waals surface area contributed by atoms with Crippen LogP contribution in [0.5, 0.6) is 0 Å². The molecule has 0 aliphatic heterocycles. The summed E-state index contributed by atoms with van der Waals surface area (Å²) in [5, 5.41) is 8.52. The first kappa shape index (κ1) is 15.5. The molecule has 2 aromatic rings. The highest BCUT2D eigenvalue weighted by Gasteiger charge is 2.19. The first-order chi connectivity index (χ1) is 9.61.